The fourth-order valence-electron chi connectivity index (χ4n) is 3.72. The highest BCUT2D eigenvalue weighted by Gasteiger charge is 2.27. The van der Waals surface area contributed by atoms with Crippen molar-refractivity contribution in [3.05, 3.63) is 46.6 Å². The molecule has 4 rings (SSSR count). The van der Waals surface area contributed by atoms with Crippen molar-refractivity contribution in [2.45, 2.75) is 32.4 Å². The molecule has 0 saturated carbocycles. The van der Waals surface area contributed by atoms with E-state index in [1.165, 1.54) is 17.7 Å². The molecule has 2 N–H and O–H groups in total. The van der Waals surface area contributed by atoms with Gasteiger partial charge >= 0.3 is 0 Å². The van der Waals surface area contributed by atoms with Crippen LogP contribution in [0.25, 0.3) is 10.2 Å². The van der Waals surface area contributed by atoms with Gasteiger partial charge in [-0.2, -0.15) is 0 Å². The van der Waals surface area contributed by atoms with E-state index in [1.54, 1.807) is 12.0 Å². The summed E-state index contributed by atoms with van der Waals surface area (Å²) < 4.78 is 5.42. The third-order valence-corrected chi connectivity index (χ3v) is 6.43. The number of methoxy groups -OCH3 is 1. The second-order valence-corrected chi connectivity index (χ2v) is 8.17. The molecule has 0 aliphatic carbocycles. The molecule has 1 aliphatic heterocycles. The van der Waals surface area contributed by atoms with E-state index in [9.17, 15) is 9.90 Å². The van der Waals surface area contributed by atoms with Crippen molar-refractivity contribution in [3.8, 4) is 5.75 Å². The first-order valence-electron chi connectivity index (χ1n) is 9.65. The Hall–Kier alpha value is -2.71. The number of fused-ring (bicyclic) bond motifs is 1. The molecular weight excluding hydrogens is 388 g/mol. The molecule has 3 aromatic rings. The van der Waals surface area contributed by atoms with Gasteiger partial charge in [0.2, 0.25) is 0 Å². The summed E-state index contributed by atoms with van der Waals surface area (Å²) >= 11 is 1.38. The number of carbonyl (C=O) groups excluding carboxylic acids is 1. The first-order chi connectivity index (χ1) is 14.1. The summed E-state index contributed by atoms with van der Waals surface area (Å²) in [5.41, 5.74) is 1.89. The Bertz CT molecular complexity index is 1040. The van der Waals surface area contributed by atoms with E-state index < -0.39 is 6.10 Å². The molecule has 1 atom stereocenters. The first kappa shape index (κ1) is 19.6. The van der Waals surface area contributed by atoms with E-state index in [1.807, 2.05) is 31.2 Å². The highest BCUT2D eigenvalue weighted by Crippen LogP contribution is 2.34. The Balaban J connectivity index is 1.62. The van der Waals surface area contributed by atoms with Gasteiger partial charge in [-0.15, -0.1) is 11.3 Å². The zero-order chi connectivity index (χ0) is 20.4. The van der Waals surface area contributed by atoms with Crippen LogP contribution in [0, 0.1) is 6.92 Å². The van der Waals surface area contributed by atoms with Gasteiger partial charge in [0.15, 0.2) is 0 Å². The molecule has 1 aromatic carbocycles. The maximum absolute atomic E-state index is 13.1. The van der Waals surface area contributed by atoms with Crippen molar-refractivity contribution in [3.63, 3.8) is 0 Å². The third-order valence-electron chi connectivity index (χ3n) is 5.24. The molecule has 8 heteroatoms. The minimum Gasteiger partial charge on any atom is -0.496 e. The normalized spacial score (nSPS) is 16.8. The number of aliphatic hydroxyl groups is 1. The molecule has 0 spiro atoms. The van der Waals surface area contributed by atoms with Crippen LogP contribution >= 0.6 is 11.3 Å². The van der Waals surface area contributed by atoms with E-state index in [0.29, 0.717) is 30.3 Å². The number of carbonyl (C=O) groups is 1. The quantitative estimate of drug-likeness (QED) is 0.669. The summed E-state index contributed by atoms with van der Waals surface area (Å²) in [6.07, 6.45) is 2.64. The standard InChI is InChI=1S/C21H24N4O3S/c1-13-17-19(22-10-14-6-3-4-8-16(14)28-2)23-12-24-20(17)29-18(13)21(27)25-9-5-7-15(26)11-25/h3-4,6,8,12,15,26H,5,7,9-11H2,1-2H3,(H,22,23,24). The number of amides is 1. The molecule has 2 aromatic heterocycles. The number of benzene rings is 1. The molecule has 152 valence electrons. The lowest BCUT2D eigenvalue weighted by atomic mass is 10.1. The Morgan fingerprint density at radius 2 is 2.21 bits per heavy atom. The van der Waals surface area contributed by atoms with Crippen LogP contribution in [0.5, 0.6) is 5.75 Å². The minimum absolute atomic E-state index is 0.0417. The van der Waals surface area contributed by atoms with Crippen molar-refractivity contribution in [1.29, 1.82) is 0 Å². The number of nitrogens with zero attached hydrogens (tertiary/aromatic N) is 3. The lowest BCUT2D eigenvalue weighted by Crippen LogP contribution is -2.42. The number of nitrogens with one attached hydrogen (secondary N) is 1. The molecule has 1 aliphatic rings. The Labute approximate surface area is 173 Å². The number of aliphatic hydroxyl groups excluding tert-OH is 1. The summed E-state index contributed by atoms with van der Waals surface area (Å²) in [6, 6.07) is 7.83. The number of rotatable bonds is 5. The molecule has 29 heavy (non-hydrogen) atoms. The number of para-hydroxylation sites is 1. The number of piperidine rings is 1. The average Bonchev–Trinajstić information content (AvgIpc) is 3.09. The first-order valence-corrected chi connectivity index (χ1v) is 10.5. The van der Waals surface area contributed by atoms with Crippen LogP contribution in [-0.2, 0) is 6.54 Å². The largest absolute Gasteiger partial charge is 0.496 e. The number of thiophene rings is 1. The van der Waals surface area contributed by atoms with Crippen LogP contribution in [0.4, 0.5) is 5.82 Å². The van der Waals surface area contributed by atoms with Gasteiger partial charge in [-0.3, -0.25) is 4.79 Å². The minimum atomic E-state index is -0.444. The van der Waals surface area contributed by atoms with Crippen LogP contribution in [0.1, 0.15) is 33.6 Å². The molecule has 1 unspecified atom stereocenters. The predicted octanol–water partition coefficient (Wildman–Crippen LogP) is 3.22. The van der Waals surface area contributed by atoms with E-state index >= 15 is 0 Å². The molecule has 3 heterocycles. The second kappa shape index (κ2) is 8.34. The Morgan fingerprint density at radius 3 is 3.00 bits per heavy atom. The molecule has 7 nitrogen and oxygen atoms in total. The Kier molecular flexibility index (Phi) is 5.64. The fourth-order valence-corrected chi connectivity index (χ4v) is 4.84. The number of likely N-dealkylation sites (tertiary alicyclic amines) is 1. The van der Waals surface area contributed by atoms with Gasteiger partial charge in [0.05, 0.1) is 23.5 Å². The van der Waals surface area contributed by atoms with Crippen molar-refractivity contribution < 1.29 is 14.6 Å². The molecular formula is C21H24N4O3S. The number of hydrogen-bond donors (Lipinski definition) is 2. The van der Waals surface area contributed by atoms with Crippen LogP contribution in [0.3, 0.4) is 0 Å². The molecule has 1 amide bonds. The topological polar surface area (TPSA) is 87.6 Å². The highest BCUT2D eigenvalue weighted by molar-refractivity contribution is 7.20. The number of aryl methyl sites for hydroxylation is 1. The molecule has 1 fully saturated rings. The third kappa shape index (κ3) is 3.90. The van der Waals surface area contributed by atoms with Gasteiger partial charge in [-0.05, 0) is 31.4 Å². The summed E-state index contributed by atoms with van der Waals surface area (Å²) in [5.74, 6) is 1.47. The van der Waals surface area contributed by atoms with Crippen molar-refractivity contribution >= 4 is 33.3 Å². The van der Waals surface area contributed by atoms with Crippen molar-refractivity contribution in [1.82, 2.24) is 14.9 Å². The SMILES string of the molecule is COc1ccccc1CNc1ncnc2sc(C(=O)N3CCCC(O)C3)c(C)c12. The molecule has 0 bridgehead atoms. The van der Waals surface area contributed by atoms with Gasteiger partial charge in [0.1, 0.15) is 22.7 Å². The second-order valence-electron chi connectivity index (χ2n) is 7.17. The summed E-state index contributed by atoms with van der Waals surface area (Å²) in [4.78, 5) is 25.0. The number of anilines is 1. The van der Waals surface area contributed by atoms with E-state index in [0.717, 1.165) is 39.9 Å². The van der Waals surface area contributed by atoms with E-state index in [-0.39, 0.29) is 5.91 Å². The number of ether oxygens (including phenoxy) is 1. The maximum atomic E-state index is 13.1. The Morgan fingerprint density at radius 1 is 1.38 bits per heavy atom. The van der Waals surface area contributed by atoms with Gasteiger partial charge in [0, 0.05) is 25.2 Å². The van der Waals surface area contributed by atoms with E-state index in [2.05, 4.69) is 15.3 Å². The zero-order valence-electron chi connectivity index (χ0n) is 16.5. The van der Waals surface area contributed by atoms with Gasteiger partial charge in [0.25, 0.3) is 5.91 Å². The van der Waals surface area contributed by atoms with Gasteiger partial charge < -0.3 is 20.1 Å². The van der Waals surface area contributed by atoms with Crippen LogP contribution < -0.4 is 10.1 Å². The van der Waals surface area contributed by atoms with Crippen LogP contribution in [0.2, 0.25) is 0 Å². The van der Waals surface area contributed by atoms with E-state index in [4.69, 9.17) is 4.74 Å². The maximum Gasteiger partial charge on any atom is 0.264 e. The number of β-amino-alcohol motifs (C(OH)–C–C–N with tert-alkyl or cyclic N) is 1. The summed E-state index contributed by atoms with van der Waals surface area (Å²) in [5, 5.41) is 14.2. The average molecular weight is 413 g/mol. The number of hydrogen-bond acceptors (Lipinski definition) is 7. The summed E-state index contributed by atoms with van der Waals surface area (Å²) in [6.45, 7) is 3.54. The highest BCUT2D eigenvalue weighted by atomic mass is 32.1. The molecule has 0 radical (unpaired) electrons. The van der Waals surface area contributed by atoms with Crippen LogP contribution in [0.15, 0.2) is 30.6 Å². The van der Waals surface area contributed by atoms with Crippen molar-refractivity contribution in [2.24, 2.45) is 0 Å². The number of aromatic nitrogens is 2. The lowest BCUT2D eigenvalue weighted by Gasteiger charge is -2.29. The zero-order valence-corrected chi connectivity index (χ0v) is 17.3. The predicted molar refractivity (Wildman–Crippen MR) is 114 cm³/mol. The smallest absolute Gasteiger partial charge is 0.264 e. The van der Waals surface area contributed by atoms with Gasteiger partial charge in [-0.25, -0.2) is 9.97 Å². The summed E-state index contributed by atoms with van der Waals surface area (Å²) in [7, 11) is 1.65. The van der Waals surface area contributed by atoms with Gasteiger partial charge in [-0.1, -0.05) is 18.2 Å². The van der Waals surface area contributed by atoms with Crippen molar-refractivity contribution in [2.75, 3.05) is 25.5 Å². The molecule has 1 saturated heterocycles. The fraction of sp³-hybridized carbons (Fsp3) is 0.381. The lowest BCUT2D eigenvalue weighted by molar-refractivity contribution is 0.0477. The monoisotopic (exact) mass is 412 g/mol. The van der Waals surface area contributed by atoms with Crippen LogP contribution in [-0.4, -0.2) is 52.2 Å².